The summed E-state index contributed by atoms with van der Waals surface area (Å²) in [7, 11) is 1.56. The summed E-state index contributed by atoms with van der Waals surface area (Å²) in [5.74, 6) is -0.0967. The average molecular weight is 246 g/mol. The van der Waals surface area contributed by atoms with Crippen LogP contribution in [-0.4, -0.2) is 28.2 Å². The maximum Gasteiger partial charge on any atom is 0.360 e. The first-order valence-electron chi connectivity index (χ1n) is 5.07. The summed E-state index contributed by atoms with van der Waals surface area (Å²) < 4.78 is 10.4. The van der Waals surface area contributed by atoms with Gasteiger partial charge in [-0.2, -0.15) is 0 Å². The Labute approximate surface area is 103 Å². The molecule has 18 heavy (non-hydrogen) atoms. The van der Waals surface area contributed by atoms with Gasteiger partial charge in [0.25, 0.3) is 5.88 Å². The molecule has 92 valence electrons. The van der Waals surface area contributed by atoms with Gasteiger partial charge in [-0.1, -0.05) is 0 Å². The van der Waals surface area contributed by atoms with Crippen LogP contribution in [0.25, 0.3) is 0 Å². The first-order chi connectivity index (χ1) is 8.70. The average Bonchev–Trinajstić information content (AvgIpc) is 2.40. The van der Waals surface area contributed by atoms with Crippen LogP contribution >= 0.6 is 0 Å². The Balaban J connectivity index is 2.25. The Morgan fingerprint density at radius 3 is 2.33 bits per heavy atom. The van der Waals surface area contributed by atoms with Gasteiger partial charge in [-0.05, 0) is 24.3 Å². The standard InChI is InChI=1S/C12H10N2O4/c1-17-8-2-4-9(5-3-8)18-11-10(12(15)16)13-6-7-14-11/h2-7H,1H3,(H,15,16). The van der Waals surface area contributed by atoms with Crippen LogP contribution in [0.2, 0.25) is 0 Å². The quantitative estimate of drug-likeness (QED) is 0.888. The van der Waals surface area contributed by atoms with E-state index in [1.165, 1.54) is 12.4 Å². The zero-order valence-electron chi connectivity index (χ0n) is 9.53. The molecule has 1 heterocycles. The topological polar surface area (TPSA) is 81.5 Å². The van der Waals surface area contributed by atoms with Crippen molar-refractivity contribution in [2.75, 3.05) is 7.11 Å². The van der Waals surface area contributed by atoms with Gasteiger partial charge in [0.1, 0.15) is 11.5 Å². The molecule has 6 heteroatoms. The van der Waals surface area contributed by atoms with E-state index in [2.05, 4.69) is 9.97 Å². The third kappa shape index (κ3) is 2.54. The molecule has 0 spiro atoms. The van der Waals surface area contributed by atoms with Crippen molar-refractivity contribution < 1.29 is 19.4 Å². The van der Waals surface area contributed by atoms with Crippen LogP contribution in [0.4, 0.5) is 0 Å². The number of aromatic carboxylic acids is 1. The second-order valence-electron chi connectivity index (χ2n) is 3.29. The first-order valence-corrected chi connectivity index (χ1v) is 5.07. The van der Waals surface area contributed by atoms with E-state index in [1.807, 2.05) is 0 Å². The van der Waals surface area contributed by atoms with Crippen molar-refractivity contribution in [3.63, 3.8) is 0 Å². The van der Waals surface area contributed by atoms with Crippen molar-refractivity contribution in [1.29, 1.82) is 0 Å². The fourth-order valence-electron chi connectivity index (χ4n) is 1.30. The predicted octanol–water partition coefficient (Wildman–Crippen LogP) is 1.98. The molecule has 1 aromatic carbocycles. The summed E-state index contributed by atoms with van der Waals surface area (Å²) in [6, 6.07) is 6.70. The lowest BCUT2D eigenvalue weighted by atomic mass is 10.3. The number of methoxy groups -OCH3 is 1. The molecule has 2 aromatic rings. The van der Waals surface area contributed by atoms with Gasteiger partial charge >= 0.3 is 5.97 Å². The van der Waals surface area contributed by atoms with Crippen molar-refractivity contribution in [1.82, 2.24) is 9.97 Å². The smallest absolute Gasteiger partial charge is 0.360 e. The van der Waals surface area contributed by atoms with Crippen molar-refractivity contribution >= 4 is 5.97 Å². The Morgan fingerprint density at radius 2 is 1.72 bits per heavy atom. The summed E-state index contributed by atoms with van der Waals surface area (Å²) in [5, 5.41) is 8.92. The number of carbonyl (C=O) groups is 1. The maximum absolute atomic E-state index is 10.9. The monoisotopic (exact) mass is 246 g/mol. The third-order valence-electron chi connectivity index (χ3n) is 2.14. The van der Waals surface area contributed by atoms with Crippen LogP contribution in [0.3, 0.4) is 0 Å². The normalized spacial score (nSPS) is 9.83. The molecule has 0 fully saturated rings. The number of carboxylic acids is 1. The number of carboxylic acid groups (broad SMARTS) is 1. The van der Waals surface area contributed by atoms with Gasteiger partial charge in [0, 0.05) is 12.4 Å². The van der Waals surface area contributed by atoms with Crippen LogP contribution in [0.5, 0.6) is 17.4 Å². The van der Waals surface area contributed by atoms with Gasteiger partial charge in [-0.25, -0.2) is 14.8 Å². The minimum Gasteiger partial charge on any atom is -0.497 e. The van der Waals surface area contributed by atoms with Gasteiger partial charge < -0.3 is 14.6 Å². The summed E-state index contributed by atoms with van der Waals surface area (Å²) in [6.45, 7) is 0. The van der Waals surface area contributed by atoms with E-state index in [0.29, 0.717) is 11.5 Å². The van der Waals surface area contributed by atoms with E-state index in [0.717, 1.165) is 0 Å². The van der Waals surface area contributed by atoms with Gasteiger partial charge in [0.15, 0.2) is 0 Å². The molecule has 0 radical (unpaired) electrons. The van der Waals surface area contributed by atoms with Gasteiger partial charge in [0.2, 0.25) is 5.69 Å². The van der Waals surface area contributed by atoms with E-state index in [-0.39, 0.29) is 11.6 Å². The van der Waals surface area contributed by atoms with Gasteiger partial charge in [-0.3, -0.25) is 0 Å². The minimum absolute atomic E-state index is 0.0461. The number of rotatable bonds is 4. The van der Waals surface area contributed by atoms with Crippen LogP contribution in [0.1, 0.15) is 10.5 Å². The summed E-state index contributed by atoms with van der Waals surface area (Å²) in [4.78, 5) is 18.4. The van der Waals surface area contributed by atoms with Gasteiger partial charge in [0.05, 0.1) is 7.11 Å². The van der Waals surface area contributed by atoms with E-state index < -0.39 is 5.97 Å². The zero-order chi connectivity index (χ0) is 13.0. The lowest BCUT2D eigenvalue weighted by molar-refractivity contribution is 0.0686. The number of aromatic nitrogens is 2. The molecule has 2 rings (SSSR count). The molecule has 0 amide bonds. The summed E-state index contributed by atoms with van der Waals surface area (Å²) in [6.07, 6.45) is 2.66. The van der Waals surface area contributed by atoms with E-state index in [9.17, 15) is 4.79 Å². The van der Waals surface area contributed by atoms with E-state index >= 15 is 0 Å². The molecule has 0 atom stereocenters. The second kappa shape index (κ2) is 5.13. The molecule has 1 aromatic heterocycles. The van der Waals surface area contributed by atoms with Gasteiger partial charge in [-0.15, -0.1) is 0 Å². The number of nitrogens with zero attached hydrogens (tertiary/aromatic N) is 2. The fraction of sp³-hybridized carbons (Fsp3) is 0.0833. The molecule has 0 aliphatic rings. The highest BCUT2D eigenvalue weighted by molar-refractivity contribution is 5.87. The second-order valence-corrected chi connectivity index (χ2v) is 3.29. The number of benzene rings is 1. The SMILES string of the molecule is COc1ccc(Oc2nccnc2C(=O)O)cc1. The van der Waals surface area contributed by atoms with Crippen molar-refractivity contribution in [2.45, 2.75) is 0 Å². The number of ether oxygens (including phenoxy) is 2. The molecule has 0 saturated heterocycles. The summed E-state index contributed by atoms with van der Waals surface area (Å²) in [5.41, 5.74) is -0.228. The Hall–Kier alpha value is -2.63. The molecular formula is C12H10N2O4. The van der Waals surface area contributed by atoms with E-state index in [4.69, 9.17) is 14.6 Å². The van der Waals surface area contributed by atoms with Crippen LogP contribution in [0, 0.1) is 0 Å². The molecule has 1 N–H and O–H groups in total. The van der Waals surface area contributed by atoms with Crippen LogP contribution in [0.15, 0.2) is 36.7 Å². The highest BCUT2D eigenvalue weighted by Gasteiger charge is 2.14. The molecular weight excluding hydrogens is 236 g/mol. The molecule has 6 nitrogen and oxygen atoms in total. The van der Waals surface area contributed by atoms with Crippen molar-refractivity contribution in [3.05, 3.63) is 42.4 Å². The van der Waals surface area contributed by atoms with Crippen molar-refractivity contribution in [3.8, 4) is 17.4 Å². The van der Waals surface area contributed by atoms with Crippen molar-refractivity contribution in [2.24, 2.45) is 0 Å². The number of hydrogen-bond donors (Lipinski definition) is 1. The predicted molar refractivity (Wildman–Crippen MR) is 62.1 cm³/mol. The Kier molecular flexibility index (Phi) is 3.38. The lowest BCUT2D eigenvalue weighted by Gasteiger charge is -2.06. The molecule has 0 bridgehead atoms. The molecule has 0 unspecified atom stereocenters. The Bertz CT molecular complexity index is 554. The largest absolute Gasteiger partial charge is 0.497 e. The van der Waals surface area contributed by atoms with Crippen LogP contribution in [-0.2, 0) is 0 Å². The fourth-order valence-corrected chi connectivity index (χ4v) is 1.30. The molecule has 0 aliphatic carbocycles. The van der Waals surface area contributed by atoms with E-state index in [1.54, 1.807) is 31.4 Å². The maximum atomic E-state index is 10.9. The first kappa shape index (κ1) is 11.8. The molecule has 0 aliphatic heterocycles. The number of hydrogen-bond acceptors (Lipinski definition) is 5. The van der Waals surface area contributed by atoms with Crippen LogP contribution < -0.4 is 9.47 Å². The summed E-state index contributed by atoms with van der Waals surface area (Å²) >= 11 is 0. The third-order valence-corrected chi connectivity index (χ3v) is 2.14. The zero-order valence-corrected chi connectivity index (χ0v) is 9.53. The molecule has 0 saturated carbocycles. The lowest BCUT2D eigenvalue weighted by Crippen LogP contribution is -2.04. The Morgan fingerprint density at radius 1 is 1.11 bits per heavy atom. The highest BCUT2D eigenvalue weighted by Crippen LogP contribution is 2.23. The highest BCUT2D eigenvalue weighted by atomic mass is 16.5. The minimum atomic E-state index is -1.19.